The average Bonchev–Trinajstić information content (AvgIpc) is 3.17. The zero-order valence-electron chi connectivity index (χ0n) is 18.4. The first kappa shape index (κ1) is 21.5. The fourth-order valence-corrected chi connectivity index (χ4v) is 5.18. The Labute approximate surface area is 181 Å². The second-order valence-electron chi connectivity index (χ2n) is 9.72. The van der Waals surface area contributed by atoms with E-state index in [4.69, 9.17) is 10.2 Å². The molecule has 0 aromatic carbocycles. The number of likely N-dealkylation sites (tertiary alicyclic amines) is 2. The van der Waals surface area contributed by atoms with Crippen LogP contribution in [-0.4, -0.2) is 62.0 Å². The van der Waals surface area contributed by atoms with Crippen molar-refractivity contribution in [1.29, 1.82) is 0 Å². The first-order valence-electron chi connectivity index (χ1n) is 10.9. The molecule has 2 aliphatic heterocycles. The second kappa shape index (κ2) is 8.11. The summed E-state index contributed by atoms with van der Waals surface area (Å²) in [6.45, 7) is 9.33. The summed E-state index contributed by atoms with van der Waals surface area (Å²) in [6, 6.07) is 1.05. The van der Waals surface area contributed by atoms with Crippen molar-refractivity contribution in [2.45, 2.75) is 58.0 Å². The minimum atomic E-state index is -0.973. The lowest BCUT2D eigenvalue weighted by Gasteiger charge is -2.45. The number of carbonyl (C=O) groups excluding carboxylic acids is 1. The predicted octanol–water partition coefficient (Wildman–Crippen LogP) is 3.26. The highest BCUT2D eigenvalue weighted by atomic mass is 16.4. The maximum atomic E-state index is 12.0. The molecule has 0 spiro atoms. The van der Waals surface area contributed by atoms with Crippen molar-refractivity contribution in [3.8, 4) is 0 Å². The standard InChI is InChI=1S/C22H31N5O4/c1-22(2,3)26-7-4-13(5-8-26)14-6-9-27(21(29)30)16(10-14)18-19-15(24-12-25-18)11-17(31-19)20(23)28/h11-14,16H,4-10H2,1-3H3,(H2,23,28)(H,29,30). The largest absolute Gasteiger partial charge is 0.465 e. The topological polar surface area (TPSA) is 126 Å². The highest BCUT2D eigenvalue weighted by Crippen LogP contribution is 2.42. The van der Waals surface area contributed by atoms with E-state index in [0.717, 1.165) is 32.4 Å². The van der Waals surface area contributed by atoms with Gasteiger partial charge in [0.15, 0.2) is 11.3 Å². The van der Waals surface area contributed by atoms with Crippen LogP contribution < -0.4 is 5.73 Å². The number of furan rings is 1. The number of fused-ring (bicyclic) bond motifs is 1. The van der Waals surface area contributed by atoms with Crippen LogP contribution in [0.1, 0.15) is 68.7 Å². The molecule has 31 heavy (non-hydrogen) atoms. The van der Waals surface area contributed by atoms with Crippen LogP contribution in [0.3, 0.4) is 0 Å². The van der Waals surface area contributed by atoms with E-state index in [9.17, 15) is 14.7 Å². The number of aromatic nitrogens is 2. The van der Waals surface area contributed by atoms with Gasteiger partial charge in [-0.3, -0.25) is 14.6 Å². The molecule has 0 radical (unpaired) electrons. The Morgan fingerprint density at radius 1 is 1.13 bits per heavy atom. The van der Waals surface area contributed by atoms with Crippen molar-refractivity contribution < 1.29 is 19.1 Å². The molecular weight excluding hydrogens is 398 g/mol. The molecule has 4 heterocycles. The molecule has 2 amide bonds. The van der Waals surface area contributed by atoms with E-state index in [1.807, 2.05) is 0 Å². The van der Waals surface area contributed by atoms with Crippen LogP contribution in [0.25, 0.3) is 11.1 Å². The van der Waals surface area contributed by atoms with Gasteiger partial charge in [-0.05, 0) is 71.4 Å². The summed E-state index contributed by atoms with van der Waals surface area (Å²) >= 11 is 0. The quantitative estimate of drug-likeness (QED) is 0.767. The third-order valence-corrected chi connectivity index (χ3v) is 6.94. The molecule has 0 saturated carbocycles. The monoisotopic (exact) mass is 429 g/mol. The van der Waals surface area contributed by atoms with Crippen molar-refractivity contribution in [2.24, 2.45) is 17.6 Å². The number of nitrogens with zero attached hydrogens (tertiary/aromatic N) is 4. The molecule has 2 aromatic rings. The van der Waals surface area contributed by atoms with E-state index < -0.39 is 18.0 Å². The summed E-state index contributed by atoms with van der Waals surface area (Å²) in [5, 5.41) is 9.83. The van der Waals surface area contributed by atoms with Gasteiger partial charge >= 0.3 is 6.09 Å². The summed E-state index contributed by atoms with van der Waals surface area (Å²) < 4.78 is 5.65. The van der Waals surface area contributed by atoms with Crippen LogP contribution in [0.15, 0.2) is 16.8 Å². The highest BCUT2D eigenvalue weighted by molar-refractivity contribution is 5.94. The van der Waals surface area contributed by atoms with Crippen LogP contribution in [0.5, 0.6) is 0 Å². The summed E-state index contributed by atoms with van der Waals surface area (Å²) in [7, 11) is 0. The molecule has 9 nitrogen and oxygen atoms in total. The molecule has 2 saturated heterocycles. The van der Waals surface area contributed by atoms with Gasteiger partial charge in [0.1, 0.15) is 17.5 Å². The smallest absolute Gasteiger partial charge is 0.407 e. The first-order valence-corrected chi connectivity index (χ1v) is 10.9. The number of primary amides is 1. The minimum Gasteiger partial charge on any atom is -0.465 e. The van der Waals surface area contributed by atoms with E-state index in [1.165, 1.54) is 17.3 Å². The van der Waals surface area contributed by atoms with Gasteiger partial charge < -0.3 is 15.3 Å². The molecule has 2 fully saturated rings. The summed E-state index contributed by atoms with van der Waals surface area (Å²) in [5.74, 6) is 0.289. The fraction of sp³-hybridized carbons (Fsp3) is 0.636. The van der Waals surface area contributed by atoms with E-state index in [1.54, 1.807) is 0 Å². The molecule has 4 rings (SSSR count). The van der Waals surface area contributed by atoms with Crippen molar-refractivity contribution in [3.05, 3.63) is 23.8 Å². The Morgan fingerprint density at radius 3 is 2.42 bits per heavy atom. The van der Waals surface area contributed by atoms with E-state index >= 15 is 0 Å². The number of piperidine rings is 2. The van der Waals surface area contributed by atoms with Crippen LogP contribution in [0.4, 0.5) is 4.79 Å². The number of amides is 2. The number of hydrogen-bond donors (Lipinski definition) is 2. The Bertz CT molecular complexity index is 974. The zero-order chi connectivity index (χ0) is 22.3. The number of carboxylic acid groups (broad SMARTS) is 1. The molecule has 3 N–H and O–H groups in total. The predicted molar refractivity (Wildman–Crippen MR) is 115 cm³/mol. The van der Waals surface area contributed by atoms with Crippen molar-refractivity contribution in [1.82, 2.24) is 19.8 Å². The lowest BCUT2D eigenvalue weighted by atomic mass is 9.75. The van der Waals surface area contributed by atoms with Gasteiger partial charge in [0.2, 0.25) is 0 Å². The number of nitrogens with two attached hydrogens (primary N) is 1. The Hall–Kier alpha value is -2.68. The molecule has 9 heteroatoms. The van der Waals surface area contributed by atoms with Crippen molar-refractivity contribution >= 4 is 23.1 Å². The zero-order valence-corrected chi connectivity index (χ0v) is 18.4. The maximum Gasteiger partial charge on any atom is 0.407 e. The third kappa shape index (κ3) is 4.23. The van der Waals surface area contributed by atoms with Crippen LogP contribution >= 0.6 is 0 Å². The van der Waals surface area contributed by atoms with Gasteiger partial charge in [0.25, 0.3) is 5.91 Å². The van der Waals surface area contributed by atoms with E-state index in [0.29, 0.717) is 41.6 Å². The molecule has 0 aliphatic carbocycles. The average molecular weight is 430 g/mol. The molecule has 0 bridgehead atoms. The van der Waals surface area contributed by atoms with Gasteiger partial charge in [0, 0.05) is 18.2 Å². The number of carbonyl (C=O) groups is 2. The molecule has 2 atom stereocenters. The van der Waals surface area contributed by atoms with Gasteiger partial charge in [0.05, 0.1) is 6.04 Å². The SMILES string of the molecule is CC(C)(C)N1CCC(C2CCN(C(=O)O)C(c3ncnc4cc(C(N)=O)oc34)C2)CC1. The van der Waals surface area contributed by atoms with E-state index in [2.05, 4.69) is 35.6 Å². The number of hydrogen-bond acceptors (Lipinski definition) is 6. The van der Waals surface area contributed by atoms with Gasteiger partial charge in [-0.1, -0.05) is 0 Å². The van der Waals surface area contributed by atoms with Crippen molar-refractivity contribution in [3.63, 3.8) is 0 Å². The lowest BCUT2D eigenvalue weighted by molar-refractivity contribution is 0.0349. The minimum absolute atomic E-state index is 0.000497. The van der Waals surface area contributed by atoms with Gasteiger partial charge in [-0.15, -0.1) is 0 Å². The van der Waals surface area contributed by atoms with Crippen molar-refractivity contribution in [2.75, 3.05) is 19.6 Å². The fourth-order valence-electron chi connectivity index (χ4n) is 5.18. The maximum absolute atomic E-state index is 12.0. The second-order valence-corrected chi connectivity index (χ2v) is 9.72. The van der Waals surface area contributed by atoms with Crippen LogP contribution in [0, 0.1) is 11.8 Å². The summed E-state index contributed by atoms with van der Waals surface area (Å²) in [5.41, 5.74) is 6.84. The molecule has 2 aromatic heterocycles. The third-order valence-electron chi connectivity index (χ3n) is 6.94. The summed E-state index contributed by atoms with van der Waals surface area (Å²) in [6.07, 6.45) is 4.19. The van der Waals surface area contributed by atoms with E-state index in [-0.39, 0.29) is 11.3 Å². The molecule has 2 unspecified atom stereocenters. The van der Waals surface area contributed by atoms with Crippen LogP contribution in [0.2, 0.25) is 0 Å². The molecular formula is C22H31N5O4. The first-order chi connectivity index (χ1) is 14.6. The molecule has 168 valence electrons. The normalized spacial score (nSPS) is 23.9. The Kier molecular flexibility index (Phi) is 5.63. The highest BCUT2D eigenvalue weighted by Gasteiger charge is 2.39. The Balaban J connectivity index is 1.59. The van der Waals surface area contributed by atoms with Crippen LogP contribution in [-0.2, 0) is 0 Å². The molecule has 2 aliphatic rings. The Morgan fingerprint density at radius 2 is 1.81 bits per heavy atom. The lowest BCUT2D eigenvalue weighted by Crippen LogP contribution is -2.48. The van der Waals surface area contributed by atoms with Gasteiger partial charge in [-0.25, -0.2) is 14.8 Å². The van der Waals surface area contributed by atoms with Gasteiger partial charge in [-0.2, -0.15) is 0 Å². The summed E-state index contributed by atoms with van der Waals surface area (Å²) in [4.78, 5) is 36.1. The number of rotatable bonds is 3.